The molecule has 0 bridgehead atoms. The third-order valence-corrected chi connectivity index (χ3v) is 2.75. The number of hydrogen-bond donors (Lipinski definition) is 1. The normalized spacial score (nSPS) is 11.9. The van der Waals surface area contributed by atoms with E-state index in [1.165, 1.54) is 18.2 Å². The number of carbonyl (C=O) groups excluding carboxylic acids is 1. The van der Waals surface area contributed by atoms with E-state index in [1.54, 1.807) is 6.07 Å². The maximum atomic E-state index is 12.8. The van der Waals surface area contributed by atoms with Gasteiger partial charge in [0.1, 0.15) is 11.6 Å². The highest BCUT2D eigenvalue weighted by molar-refractivity contribution is 6.01. The van der Waals surface area contributed by atoms with Gasteiger partial charge in [0.05, 0.1) is 5.56 Å². The number of nitriles is 1. The van der Waals surface area contributed by atoms with Crippen LogP contribution in [0.5, 0.6) is 0 Å². The summed E-state index contributed by atoms with van der Waals surface area (Å²) in [7, 11) is 0. The highest BCUT2D eigenvalue weighted by Crippen LogP contribution is 2.32. The molecule has 1 aromatic rings. The molecule has 0 radical (unpaired) electrons. The van der Waals surface area contributed by atoms with Gasteiger partial charge in [0, 0.05) is 6.54 Å². The van der Waals surface area contributed by atoms with Crippen LogP contribution in [0.2, 0.25) is 0 Å². The first-order valence-corrected chi connectivity index (χ1v) is 6.46. The smallest absolute Gasteiger partial charge is 0.351 e. The van der Waals surface area contributed by atoms with Crippen LogP contribution in [-0.2, 0) is 11.0 Å². The number of nitrogens with zero attached hydrogens (tertiary/aromatic N) is 1. The van der Waals surface area contributed by atoms with Crippen molar-refractivity contribution in [2.45, 2.75) is 25.9 Å². The molecule has 0 aliphatic carbocycles. The monoisotopic (exact) mass is 296 g/mol. The number of halogens is 3. The SMILES string of the molecule is CCCCNC(=O)/C(C#N)=C/c1ccccc1C(F)(F)F. The summed E-state index contributed by atoms with van der Waals surface area (Å²) in [5.41, 5.74) is -1.42. The predicted molar refractivity (Wildman–Crippen MR) is 73.0 cm³/mol. The maximum absolute atomic E-state index is 12.8. The van der Waals surface area contributed by atoms with E-state index in [4.69, 9.17) is 5.26 Å². The van der Waals surface area contributed by atoms with E-state index in [-0.39, 0.29) is 11.1 Å². The Morgan fingerprint density at radius 1 is 1.38 bits per heavy atom. The lowest BCUT2D eigenvalue weighted by Gasteiger charge is -2.10. The molecule has 112 valence electrons. The molecule has 3 nitrogen and oxygen atoms in total. The Bertz CT molecular complexity index is 571. The minimum atomic E-state index is -4.54. The molecule has 1 rings (SSSR count). The lowest BCUT2D eigenvalue weighted by molar-refractivity contribution is -0.137. The first-order valence-electron chi connectivity index (χ1n) is 6.46. The quantitative estimate of drug-likeness (QED) is 0.513. The first-order chi connectivity index (χ1) is 9.90. The highest BCUT2D eigenvalue weighted by Gasteiger charge is 2.32. The van der Waals surface area contributed by atoms with Crippen molar-refractivity contribution in [3.05, 3.63) is 41.0 Å². The van der Waals surface area contributed by atoms with Gasteiger partial charge in [0.25, 0.3) is 5.91 Å². The molecule has 0 saturated carbocycles. The summed E-state index contributed by atoms with van der Waals surface area (Å²) in [5.74, 6) is -0.664. The molecule has 0 aliphatic rings. The fraction of sp³-hybridized carbons (Fsp3) is 0.333. The highest BCUT2D eigenvalue weighted by atomic mass is 19.4. The van der Waals surface area contributed by atoms with Gasteiger partial charge in [-0.15, -0.1) is 0 Å². The Labute approximate surface area is 121 Å². The summed E-state index contributed by atoms with van der Waals surface area (Å²) in [6, 6.07) is 6.45. The number of hydrogen-bond acceptors (Lipinski definition) is 2. The van der Waals surface area contributed by atoms with Crippen LogP contribution in [-0.4, -0.2) is 12.5 Å². The molecule has 6 heteroatoms. The van der Waals surface area contributed by atoms with E-state index in [2.05, 4.69) is 5.32 Å². The van der Waals surface area contributed by atoms with Crippen LogP contribution in [0.3, 0.4) is 0 Å². The molecule has 1 amide bonds. The first kappa shape index (κ1) is 16.8. The fourth-order valence-electron chi connectivity index (χ4n) is 1.66. The average Bonchev–Trinajstić information content (AvgIpc) is 2.44. The van der Waals surface area contributed by atoms with Crippen LogP contribution in [0.1, 0.15) is 30.9 Å². The van der Waals surface area contributed by atoms with Crippen LogP contribution >= 0.6 is 0 Å². The Balaban J connectivity index is 3.05. The van der Waals surface area contributed by atoms with E-state index in [0.717, 1.165) is 25.0 Å². The summed E-state index contributed by atoms with van der Waals surface area (Å²) in [6.07, 6.45) is -1.97. The second-order valence-electron chi connectivity index (χ2n) is 4.36. The van der Waals surface area contributed by atoms with Crippen molar-refractivity contribution >= 4 is 12.0 Å². The summed E-state index contributed by atoms with van der Waals surface area (Å²) < 4.78 is 38.5. The average molecular weight is 296 g/mol. The van der Waals surface area contributed by atoms with Gasteiger partial charge in [-0.2, -0.15) is 18.4 Å². The van der Waals surface area contributed by atoms with Crippen LogP contribution < -0.4 is 5.32 Å². The molecular formula is C15H15F3N2O. The van der Waals surface area contributed by atoms with Gasteiger partial charge in [-0.3, -0.25) is 4.79 Å². The lowest BCUT2D eigenvalue weighted by atomic mass is 10.0. The fourth-order valence-corrected chi connectivity index (χ4v) is 1.66. The van der Waals surface area contributed by atoms with E-state index >= 15 is 0 Å². The second kappa shape index (κ2) is 7.48. The second-order valence-corrected chi connectivity index (χ2v) is 4.36. The molecule has 0 saturated heterocycles. The van der Waals surface area contributed by atoms with Gasteiger partial charge >= 0.3 is 6.18 Å². The van der Waals surface area contributed by atoms with E-state index in [1.807, 2.05) is 6.92 Å². The van der Waals surface area contributed by atoms with Gasteiger partial charge in [0.2, 0.25) is 0 Å². The Morgan fingerprint density at radius 3 is 2.62 bits per heavy atom. The van der Waals surface area contributed by atoms with Gasteiger partial charge in [-0.05, 0) is 24.1 Å². The van der Waals surface area contributed by atoms with E-state index in [9.17, 15) is 18.0 Å². The topological polar surface area (TPSA) is 52.9 Å². The minimum absolute atomic E-state index is 0.202. The Morgan fingerprint density at radius 2 is 2.05 bits per heavy atom. The predicted octanol–water partition coefficient (Wildman–Crippen LogP) is 3.53. The number of unbranched alkanes of at least 4 members (excludes halogenated alkanes) is 1. The third-order valence-electron chi connectivity index (χ3n) is 2.75. The number of carbonyl (C=O) groups is 1. The minimum Gasteiger partial charge on any atom is -0.351 e. The van der Waals surface area contributed by atoms with Crippen LogP contribution in [0.4, 0.5) is 13.2 Å². The van der Waals surface area contributed by atoms with Gasteiger partial charge in [0.15, 0.2) is 0 Å². The van der Waals surface area contributed by atoms with Gasteiger partial charge in [-0.25, -0.2) is 0 Å². The number of nitrogens with one attached hydrogen (secondary N) is 1. The van der Waals surface area contributed by atoms with Crippen molar-refractivity contribution in [1.29, 1.82) is 5.26 Å². The maximum Gasteiger partial charge on any atom is 0.416 e. The summed E-state index contributed by atoms with van der Waals surface area (Å²) in [5, 5.41) is 11.4. The zero-order valence-corrected chi connectivity index (χ0v) is 11.5. The Hall–Kier alpha value is -2.29. The van der Waals surface area contributed by atoms with Crippen LogP contribution in [0, 0.1) is 11.3 Å². The van der Waals surface area contributed by atoms with Crippen molar-refractivity contribution in [2.75, 3.05) is 6.54 Å². The molecule has 0 aromatic heterocycles. The molecular weight excluding hydrogens is 281 g/mol. The molecule has 0 fully saturated rings. The van der Waals surface area contributed by atoms with E-state index < -0.39 is 17.6 Å². The molecule has 21 heavy (non-hydrogen) atoms. The number of amides is 1. The molecule has 1 aromatic carbocycles. The largest absolute Gasteiger partial charge is 0.416 e. The molecule has 0 aliphatic heterocycles. The zero-order chi connectivity index (χ0) is 15.9. The molecule has 0 atom stereocenters. The number of rotatable bonds is 5. The summed E-state index contributed by atoms with van der Waals surface area (Å²) in [6.45, 7) is 2.32. The summed E-state index contributed by atoms with van der Waals surface area (Å²) in [4.78, 5) is 11.7. The van der Waals surface area contributed by atoms with Crippen molar-refractivity contribution in [3.63, 3.8) is 0 Å². The third kappa shape index (κ3) is 4.95. The molecule has 0 heterocycles. The van der Waals surface area contributed by atoms with Crippen molar-refractivity contribution in [2.24, 2.45) is 0 Å². The van der Waals surface area contributed by atoms with E-state index in [0.29, 0.717) is 6.54 Å². The number of alkyl halides is 3. The number of benzene rings is 1. The van der Waals surface area contributed by atoms with Gasteiger partial charge < -0.3 is 5.32 Å². The molecule has 0 unspecified atom stereocenters. The molecule has 0 spiro atoms. The molecule has 1 N–H and O–H groups in total. The Kier molecular flexibility index (Phi) is 5.97. The zero-order valence-electron chi connectivity index (χ0n) is 11.5. The van der Waals surface area contributed by atoms with Crippen molar-refractivity contribution in [1.82, 2.24) is 5.32 Å². The lowest BCUT2D eigenvalue weighted by Crippen LogP contribution is -2.25. The van der Waals surface area contributed by atoms with Crippen LogP contribution in [0.25, 0.3) is 6.08 Å². The van der Waals surface area contributed by atoms with Crippen molar-refractivity contribution < 1.29 is 18.0 Å². The van der Waals surface area contributed by atoms with Gasteiger partial charge in [-0.1, -0.05) is 31.5 Å². The van der Waals surface area contributed by atoms with Crippen molar-refractivity contribution in [3.8, 4) is 6.07 Å². The van der Waals surface area contributed by atoms with Crippen LogP contribution in [0.15, 0.2) is 29.8 Å². The standard InChI is InChI=1S/C15H15F3N2O/c1-2-3-8-20-14(21)12(10-19)9-11-6-4-5-7-13(11)15(16,17)18/h4-7,9H,2-3,8H2,1H3,(H,20,21)/b12-9+. The summed E-state index contributed by atoms with van der Waals surface area (Å²) >= 11 is 0.